The molecular formula is C11H8N2OS. The molecule has 0 atom stereocenters. The SMILES string of the molecule is CN(C(=O)C#N)c1csc2ccccc12. The number of thiophene rings is 1. The van der Waals surface area contributed by atoms with Crippen LogP contribution in [0.5, 0.6) is 0 Å². The number of hydrogen-bond acceptors (Lipinski definition) is 3. The molecular weight excluding hydrogens is 208 g/mol. The standard InChI is InChI=1S/C11H8N2OS/c1-13(11(14)6-12)9-7-15-10-5-3-2-4-8(9)10/h2-5,7H,1H3. The van der Waals surface area contributed by atoms with E-state index in [9.17, 15) is 4.79 Å². The van der Waals surface area contributed by atoms with Crippen LogP contribution in [0.25, 0.3) is 10.1 Å². The number of rotatable bonds is 1. The first-order valence-electron chi connectivity index (χ1n) is 4.38. The van der Waals surface area contributed by atoms with Gasteiger partial charge in [0.25, 0.3) is 0 Å². The average Bonchev–Trinajstić information content (AvgIpc) is 2.70. The van der Waals surface area contributed by atoms with Gasteiger partial charge in [-0.05, 0) is 6.07 Å². The smallest absolute Gasteiger partial charge is 0.301 e. The second-order valence-corrected chi connectivity index (χ2v) is 4.00. The van der Waals surface area contributed by atoms with E-state index in [0.29, 0.717) is 0 Å². The number of nitriles is 1. The third-order valence-electron chi connectivity index (χ3n) is 2.22. The van der Waals surface area contributed by atoms with Gasteiger partial charge in [-0.15, -0.1) is 11.3 Å². The fourth-order valence-corrected chi connectivity index (χ4v) is 2.39. The maximum atomic E-state index is 11.2. The van der Waals surface area contributed by atoms with E-state index in [1.165, 1.54) is 4.90 Å². The third kappa shape index (κ3) is 1.58. The molecule has 0 spiro atoms. The van der Waals surface area contributed by atoms with Crippen LogP contribution in [0.1, 0.15) is 0 Å². The molecule has 15 heavy (non-hydrogen) atoms. The summed E-state index contributed by atoms with van der Waals surface area (Å²) in [5.74, 6) is -0.543. The van der Waals surface area contributed by atoms with Crippen LogP contribution in [0.2, 0.25) is 0 Å². The molecule has 0 aliphatic rings. The molecule has 74 valence electrons. The highest BCUT2D eigenvalue weighted by molar-refractivity contribution is 7.17. The Morgan fingerprint density at radius 1 is 1.47 bits per heavy atom. The normalized spacial score (nSPS) is 9.87. The van der Waals surface area contributed by atoms with Crippen LogP contribution in [0.4, 0.5) is 5.69 Å². The van der Waals surface area contributed by atoms with Crippen LogP contribution in [0, 0.1) is 11.3 Å². The Hall–Kier alpha value is -1.86. The van der Waals surface area contributed by atoms with Gasteiger partial charge < -0.3 is 4.90 Å². The van der Waals surface area contributed by atoms with Gasteiger partial charge >= 0.3 is 5.91 Å². The van der Waals surface area contributed by atoms with Gasteiger partial charge in [-0.2, -0.15) is 5.26 Å². The van der Waals surface area contributed by atoms with Crippen molar-refractivity contribution in [2.45, 2.75) is 0 Å². The molecule has 3 nitrogen and oxygen atoms in total. The lowest BCUT2D eigenvalue weighted by atomic mass is 10.2. The van der Waals surface area contributed by atoms with E-state index < -0.39 is 5.91 Å². The molecule has 0 bridgehead atoms. The van der Waals surface area contributed by atoms with Crippen LogP contribution in [0.3, 0.4) is 0 Å². The van der Waals surface area contributed by atoms with Crippen LogP contribution in [-0.2, 0) is 4.79 Å². The van der Waals surface area contributed by atoms with Crippen LogP contribution in [-0.4, -0.2) is 13.0 Å². The summed E-state index contributed by atoms with van der Waals surface area (Å²) in [5, 5.41) is 11.4. The van der Waals surface area contributed by atoms with Crippen molar-refractivity contribution in [2.75, 3.05) is 11.9 Å². The summed E-state index contributed by atoms with van der Waals surface area (Å²) in [6, 6.07) is 9.42. The predicted molar refractivity (Wildman–Crippen MR) is 60.8 cm³/mol. The van der Waals surface area contributed by atoms with E-state index in [1.54, 1.807) is 24.5 Å². The van der Waals surface area contributed by atoms with Crippen molar-refractivity contribution in [3.8, 4) is 6.07 Å². The van der Waals surface area contributed by atoms with Crippen molar-refractivity contribution < 1.29 is 4.79 Å². The molecule has 2 aromatic rings. The summed E-state index contributed by atoms with van der Waals surface area (Å²) in [6.45, 7) is 0. The zero-order chi connectivity index (χ0) is 10.8. The number of carbonyl (C=O) groups excluding carboxylic acids is 1. The largest absolute Gasteiger partial charge is 0.329 e. The Balaban J connectivity index is 2.54. The molecule has 0 saturated heterocycles. The summed E-state index contributed by atoms with van der Waals surface area (Å²) in [6.07, 6.45) is 0. The molecule has 0 unspecified atom stereocenters. The maximum Gasteiger partial charge on any atom is 0.329 e. The van der Waals surface area contributed by atoms with E-state index in [-0.39, 0.29) is 0 Å². The molecule has 1 heterocycles. The van der Waals surface area contributed by atoms with Gasteiger partial charge in [0.2, 0.25) is 0 Å². The van der Waals surface area contributed by atoms with Gasteiger partial charge in [-0.25, -0.2) is 0 Å². The molecule has 0 fully saturated rings. The minimum atomic E-state index is -0.543. The average molecular weight is 216 g/mol. The van der Waals surface area contributed by atoms with Crippen molar-refractivity contribution >= 4 is 33.0 Å². The molecule has 0 aliphatic heterocycles. The number of hydrogen-bond donors (Lipinski definition) is 0. The van der Waals surface area contributed by atoms with Crippen molar-refractivity contribution in [3.05, 3.63) is 29.6 Å². The van der Waals surface area contributed by atoms with E-state index in [2.05, 4.69) is 0 Å². The van der Waals surface area contributed by atoms with Gasteiger partial charge in [0.1, 0.15) is 0 Å². The Labute approximate surface area is 91.2 Å². The first-order chi connectivity index (χ1) is 7.24. The molecule has 0 aliphatic carbocycles. The fraction of sp³-hybridized carbons (Fsp3) is 0.0909. The van der Waals surface area contributed by atoms with Gasteiger partial charge in [0.15, 0.2) is 6.07 Å². The highest BCUT2D eigenvalue weighted by atomic mass is 32.1. The Morgan fingerprint density at radius 2 is 2.20 bits per heavy atom. The van der Waals surface area contributed by atoms with Gasteiger partial charge in [0, 0.05) is 22.5 Å². The first-order valence-corrected chi connectivity index (χ1v) is 5.26. The highest BCUT2D eigenvalue weighted by Crippen LogP contribution is 2.31. The van der Waals surface area contributed by atoms with Crippen molar-refractivity contribution in [3.63, 3.8) is 0 Å². The van der Waals surface area contributed by atoms with Crippen LogP contribution in [0.15, 0.2) is 29.6 Å². The lowest BCUT2D eigenvalue weighted by Gasteiger charge is -2.11. The molecule has 0 radical (unpaired) electrons. The Morgan fingerprint density at radius 3 is 2.93 bits per heavy atom. The summed E-state index contributed by atoms with van der Waals surface area (Å²) >= 11 is 1.57. The van der Waals surface area contributed by atoms with Crippen molar-refractivity contribution in [1.29, 1.82) is 5.26 Å². The van der Waals surface area contributed by atoms with Gasteiger partial charge in [-0.3, -0.25) is 4.79 Å². The number of anilines is 1. The van der Waals surface area contributed by atoms with Gasteiger partial charge in [0.05, 0.1) is 5.69 Å². The number of nitrogens with zero attached hydrogens (tertiary/aromatic N) is 2. The van der Waals surface area contributed by atoms with Crippen molar-refractivity contribution in [2.24, 2.45) is 0 Å². The number of amides is 1. The lowest BCUT2D eigenvalue weighted by molar-refractivity contribution is -0.113. The van der Waals surface area contributed by atoms with E-state index in [1.807, 2.05) is 29.6 Å². The fourth-order valence-electron chi connectivity index (χ4n) is 1.41. The van der Waals surface area contributed by atoms with E-state index in [4.69, 9.17) is 5.26 Å². The van der Waals surface area contributed by atoms with Crippen LogP contribution >= 0.6 is 11.3 Å². The molecule has 4 heteroatoms. The lowest BCUT2D eigenvalue weighted by Crippen LogP contribution is -2.23. The zero-order valence-corrected chi connectivity index (χ0v) is 8.91. The predicted octanol–water partition coefficient (Wildman–Crippen LogP) is 2.39. The molecule has 2 rings (SSSR count). The summed E-state index contributed by atoms with van der Waals surface area (Å²) in [4.78, 5) is 12.6. The molecule has 1 aromatic heterocycles. The summed E-state index contributed by atoms with van der Waals surface area (Å²) < 4.78 is 1.12. The molecule has 0 saturated carbocycles. The highest BCUT2D eigenvalue weighted by Gasteiger charge is 2.13. The Bertz CT molecular complexity index is 553. The van der Waals surface area contributed by atoms with E-state index >= 15 is 0 Å². The summed E-state index contributed by atoms with van der Waals surface area (Å²) in [5.41, 5.74) is 0.794. The first kappa shape index (κ1) is 9.69. The minimum absolute atomic E-state index is 0.543. The van der Waals surface area contributed by atoms with Crippen LogP contribution < -0.4 is 4.90 Å². The quantitative estimate of drug-likeness (QED) is 0.687. The second-order valence-electron chi connectivity index (χ2n) is 3.09. The molecule has 1 amide bonds. The summed E-state index contributed by atoms with van der Waals surface area (Å²) in [7, 11) is 1.61. The molecule has 1 aromatic carbocycles. The number of fused-ring (bicyclic) bond motifs is 1. The Kier molecular flexibility index (Phi) is 2.40. The number of carbonyl (C=O) groups is 1. The minimum Gasteiger partial charge on any atom is -0.301 e. The topological polar surface area (TPSA) is 44.1 Å². The maximum absolute atomic E-state index is 11.2. The monoisotopic (exact) mass is 216 g/mol. The molecule has 0 N–H and O–H groups in total. The second kappa shape index (κ2) is 3.71. The van der Waals surface area contributed by atoms with E-state index in [0.717, 1.165) is 15.8 Å². The zero-order valence-electron chi connectivity index (χ0n) is 8.10. The third-order valence-corrected chi connectivity index (χ3v) is 3.17. The van der Waals surface area contributed by atoms with Gasteiger partial charge in [-0.1, -0.05) is 18.2 Å². The number of benzene rings is 1. The van der Waals surface area contributed by atoms with Crippen molar-refractivity contribution in [1.82, 2.24) is 0 Å².